The molecule has 4 amide bonds. The third-order valence-electron chi connectivity index (χ3n) is 3.10. The lowest BCUT2D eigenvalue weighted by Crippen LogP contribution is -2.51. The number of rotatable bonds is 4. The predicted molar refractivity (Wildman–Crippen MR) is 74.2 cm³/mol. The van der Waals surface area contributed by atoms with Gasteiger partial charge in [0.05, 0.1) is 0 Å². The smallest absolute Gasteiger partial charge is 0.324 e. The molecule has 0 aromatic heterocycles. The standard InChI is InChI=1S/C14H17N3O3/c1-2-10-4-3-5-11(8-10)15-13(19)9-17-7-6-12(18)16-14(17)20/h3-5,8H,2,6-7,9H2,1H3,(H,15,19)(H,16,18,20). The van der Waals surface area contributed by atoms with Crippen molar-refractivity contribution in [2.45, 2.75) is 19.8 Å². The van der Waals surface area contributed by atoms with E-state index in [0.29, 0.717) is 5.69 Å². The highest BCUT2D eigenvalue weighted by Gasteiger charge is 2.24. The molecule has 0 bridgehead atoms. The highest BCUT2D eigenvalue weighted by atomic mass is 16.2. The zero-order valence-electron chi connectivity index (χ0n) is 11.3. The summed E-state index contributed by atoms with van der Waals surface area (Å²) in [5, 5.41) is 4.94. The molecule has 1 heterocycles. The van der Waals surface area contributed by atoms with Crippen LogP contribution in [0, 0.1) is 0 Å². The molecular formula is C14H17N3O3. The second-order valence-electron chi connectivity index (χ2n) is 4.63. The van der Waals surface area contributed by atoms with Gasteiger partial charge in [0.2, 0.25) is 11.8 Å². The van der Waals surface area contributed by atoms with Crippen LogP contribution in [0.3, 0.4) is 0 Å². The van der Waals surface area contributed by atoms with E-state index < -0.39 is 6.03 Å². The first-order valence-electron chi connectivity index (χ1n) is 6.56. The number of amides is 4. The number of nitrogens with zero attached hydrogens (tertiary/aromatic N) is 1. The molecule has 1 aliphatic heterocycles. The van der Waals surface area contributed by atoms with Crippen LogP contribution in [-0.4, -0.2) is 35.8 Å². The minimum absolute atomic E-state index is 0.0601. The summed E-state index contributed by atoms with van der Waals surface area (Å²) in [5.41, 5.74) is 1.84. The normalized spacial score (nSPS) is 14.9. The summed E-state index contributed by atoms with van der Waals surface area (Å²) >= 11 is 0. The summed E-state index contributed by atoms with van der Waals surface area (Å²) in [5.74, 6) is -0.579. The Kier molecular flexibility index (Phi) is 4.34. The Balaban J connectivity index is 1.92. The number of aryl methyl sites for hydroxylation is 1. The van der Waals surface area contributed by atoms with Gasteiger partial charge in [-0.05, 0) is 24.1 Å². The Bertz CT molecular complexity index is 542. The van der Waals surface area contributed by atoms with Crippen molar-refractivity contribution in [1.82, 2.24) is 10.2 Å². The van der Waals surface area contributed by atoms with E-state index in [-0.39, 0.29) is 31.3 Å². The van der Waals surface area contributed by atoms with Crippen LogP contribution in [-0.2, 0) is 16.0 Å². The first-order chi connectivity index (χ1) is 9.58. The van der Waals surface area contributed by atoms with E-state index in [2.05, 4.69) is 10.6 Å². The second kappa shape index (κ2) is 6.18. The van der Waals surface area contributed by atoms with Crippen LogP contribution < -0.4 is 10.6 Å². The third-order valence-corrected chi connectivity index (χ3v) is 3.10. The number of urea groups is 1. The highest BCUT2D eigenvalue weighted by Crippen LogP contribution is 2.11. The zero-order chi connectivity index (χ0) is 14.5. The first kappa shape index (κ1) is 14.0. The van der Waals surface area contributed by atoms with Gasteiger partial charge in [-0.1, -0.05) is 19.1 Å². The molecule has 106 valence electrons. The fourth-order valence-corrected chi connectivity index (χ4v) is 1.99. The molecular weight excluding hydrogens is 258 g/mol. The topological polar surface area (TPSA) is 78.5 Å². The van der Waals surface area contributed by atoms with E-state index in [1.807, 2.05) is 25.1 Å². The summed E-state index contributed by atoms with van der Waals surface area (Å²) < 4.78 is 0. The molecule has 0 aliphatic carbocycles. The van der Waals surface area contributed by atoms with Crippen molar-refractivity contribution in [3.05, 3.63) is 29.8 Å². The summed E-state index contributed by atoms with van der Waals surface area (Å²) in [6.45, 7) is 2.25. The lowest BCUT2D eigenvalue weighted by molar-refractivity contribution is -0.123. The van der Waals surface area contributed by atoms with Crippen molar-refractivity contribution < 1.29 is 14.4 Å². The van der Waals surface area contributed by atoms with Crippen LogP contribution >= 0.6 is 0 Å². The number of benzene rings is 1. The van der Waals surface area contributed by atoms with Gasteiger partial charge in [0.15, 0.2) is 0 Å². The van der Waals surface area contributed by atoms with Crippen molar-refractivity contribution in [3.8, 4) is 0 Å². The van der Waals surface area contributed by atoms with Crippen molar-refractivity contribution in [3.63, 3.8) is 0 Å². The Morgan fingerprint density at radius 2 is 2.20 bits per heavy atom. The summed E-state index contributed by atoms with van der Waals surface area (Å²) in [6.07, 6.45) is 1.12. The molecule has 0 saturated carbocycles. The molecule has 6 nitrogen and oxygen atoms in total. The van der Waals surface area contributed by atoms with Crippen LogP contribution in [0.4, 0.5) is 10.5 Å². The van der Waals surface area contributed by atoms with E-state index in [1.165, 1.54) is 4.90 Å². The average Bonchev–Trinajstić information content (AvgIpc) is 2.42. The van der Waals surface area contributed by atoms with Gasteiger partial charge >= 0.3 is 6.03 Å². The zero-order valence-corrected chi connectivity index (χ0v) is 11.3. The summed E-state index contributed by atoms with van der Waals surface area (Å²) in [4.78, 5) is 35.7. The van der Waals surface area contributed by atoms with E-state index >= 15 is 0 Å². The summed E-state index contributed by atoms with van der Waals surface area (Å²) in [7, 11) is 0. The lowest BCUT2D eigenvalue weighted by Gasteiger charge is -2.25. The maximum atomic E-state index is 11.9. The van der Waals surface area contributed by atoms with Crippen LogP contribution in [0.2, 0.25) is 0 Å². The van der Waals surface area contributed by atoms with Gasteiger partial charge in [0.1, 0.15) is 6.54 Å². The number of nitrogens with one attached hydrogen (secondary N) is 2. The fourth-order valence-electron chi connectivity index (χ4n) is 1.99. The van der Waals surface area contributed by atoms with Gasteiger partial charge in [-0.25, -0.2) is 4.79 Å². The maximum Gasteiger partial charge on any atom is 0.324 e. The van der Waals surface area contributed by atoms with Crippen molar-refractivity contribution >= 4 is 23.5 Å². The molecule has 2 N–H and O–H groups in total. The van der Waals surface area contributed by atoms with Gasteiger partial charge in [-0.2, -0.15) is 0 Å². The van der Waals surface area contributed by atoms with E-state index in [1.54, 1.807) is 6.07 Å². The van der Waals surface area contributed by atoms with Crippen molar-refractivity contribution in [2.24, 2.45) is 0 Å². The predicted octanol–water partition coefficient (Wildman–Crippen LogP) is 1.13. The van der Waals surface area contributed by atoms with Gasteiger partial charge in [-0.15, -0.1) is 0 Å². The fraction of sp³-hybridized carbons (Fsp3) is 0.357. The Morgan fingerprint density at radius 3 is 2.90 bits per heavy atom. The number of carbonyl (C=O) groups excluding carboxylic acids is 3. The van der Waals surface area contributed by atoms with Crippen LogP contribution in [0.15, 0.2) is 24.3 Å². The van der Waals surface area contributed by atoms with Gasteiger partial charge in [-0.3, -0.25) is 14.9 Å². The highest BCUT2D eigenvalue weighted by molar-refractivity contribution is 6.00. The number of imide groups is 1. The molecule has 1 aromatic rings. The molecule has 1 fully saturated rings. The third kappa shape index (κ3) is 3.57. The molecule has 1 aliphatic rings. The molecule has 0 spiro atoms. The number of anilines is 1. The molecule has 2 rings (SSSR count). The van der Waals surface area contributed by atoms with Crippen molar-refractivity contribution in [1.29, 1.82) is 0 Å². The molecule has 6 heteroatoms. The Morgan fingerprint density at radius 1 is 1.40 bits per heavy atom. The molecule has 0 radical (unpaired) electrons. The van der Waals surface area contributed by atoms with E-state index in [9.17, 15) is 14.4 Å². The number of carbonyl (C=O) groups is 3. The average molecular weight is 275 g/mol. The minimum atomic E-state index is -0.515. The van der Waals surface area contributed by atoms with Crippen molar-refractivity contribution in [2.75, 3.05) is 18.4 Å². The summed E-state index contributed by atoms with van der Waals surface area (Å²) in [6, 6.07) is 7.05. The molecule has 0 unspecified atom stereocenters. The molecule has 1 aromatic carbocycles. The lowest BCUT2D eigenvalue weighted by atomic mass is 10.1. The van der Waals surface area contributed by atoms with Gasteiger partial charge < -0.3 is 10.2 Å². The van der Waals surface area contributed by atoms with Gasteiger partial charge in [0.25, 0.3) is 0 Å². The Hall–Kier alpha value is -2.37. The van der Waals surface area contributed by atoms with Gasteiger partial charge in [0, 0.05) is 18.7 Å². The Labute approximate surface area is 117 Å². The molecule has 1 saturated heterocycles. The van der Waals surface area contributed by atoms with Crippen LogP contribution in [0.25, 0.3) is 0 Å². The quantitative estimate of drug-likeness (QED) is 0.864. The monoisotopic (exact) mass is 275 g/mol. The van der Waals surface area contributed by atoms with E-state index in [4.69, 9.17) is 0 Å². The minimum Gasteiger partial charge on any atom is -0.325 e. The SMILES string of the molecule is CCc1cccc(NC(=O)CN2CCC(=O)NC2=O)c1. The largest absolute Gasteiger partial charge is 0.325 e. The first-order valence-corrected chi connectivity index (χ1v) is 6.56. The maximum absolute atomic E-state index is 11.9. The second-order valence-corrected chi connectivity index (χ2v) is 4.63. The molecule has 20 heavy (non-hydrogen) atoms. The molecule has 0 atom stereocenters. The number of hydrogen-bond acceptors (Lipinski definition) is 3. The van der Waals surface area contributed by atoms with E-state index in [0.717, 1.165) is 12.0 Å². The van der Waals surface area contributed by atoms with Crippen LogP contribution in [0.1, 0.15) is 18.9 Å². The van der Waals surface area contributed by atoms with Crippen LogP contribution in [0.5, 0.6) is 0 Å². The number of hydrogen-bond donors (Lipinski definition) is 2.